The minimum absolute atomic E-state index is 0.0436. The number of aryl methyl sites for hydroxylation is 2. The molecule has 2 aromatic rings. The maximum atomic E-state index is 12.7. The van der Waals surface area contributed by atoms with Gasteiger partial charge in [-0.15, -0.1) is 0 Å². The molecule has 1 heterocycles. The van der Waals surface area contributed by atoms with Gasteiger partial charge in [0.1, 0.15) is 0 Å². The Bertz CT molecular complexity index is 904. The second-order valence-corrected chi connectivity index (χ2v) is 7.92. The molecule has 0 saturated carbocycles. The van der Waals surface area contributed by atoms with Gasteiger partial charge < -0.3 is 19.7 Å². The van der Waals surface area contributed by atoms with Gasteiger partial charge in [0, 0.05) is 31.1 Å². The molecule has 1 N–H and O–H groups in total. The number of piperidine rings is 1. The number of likely N-dealkylation sites (tertiary alicyclic amines) is 1. The Morgan fingerprint density at radius 1 is 1.10 bits per heavy atom. The molecule has 0 unspecified atom stereocenters. The minimum atomic E-state index is -0.0436. The van der Waals surface area contributed by atoms with Crippen LogP contribution in [0.15, 0.2) is 42.5 Å². The average molecular weight is 425 g/mol. The Hall–Kier alpha value is -3.02. The van der Waals surface area contributed by atoms with Crippen LogP contribution in [0.25, 0.3) is 0 Å². The van der Waals surface area contributed by atoms with Crippen molar-refractivity contribution in [1.82, 2.24) is 10.2 Å². The van der Waals surface area contributed by atoms with Gasteiger partial charge in [-0.3, -0.25) is 9.59 Å². The van der Waals surface area contributed by atoms with Crippen molar-refractivity contribution < 1.29 is 19.1 Å². The van der Waals surface area contributed by atoms with Crippen molar-refractivity contribution in [3.8, 4) is 11.5 Å². The van der Waals surface area contributed by atoms with E-state index in [1.165, 1.54) is 0 Å². The van der Waals surface area contributed by atoms with Crippen LogP contribution in [0.1, 0.15) is 47.7 Å². The molecule has 0 aliphatic carbocycles. The topological polar surface area (TPSA) is 67.9 Å². The first-order valence-corrected chi connectivity index (χ1v) is 10.9. The first-order chi connectivity index (χ1) is 15.0. The third-order valence-electron chi connectivity index (χ3n) is 5.62. The molecule has 31 heavy (non-hydrogen) atoms. The summed E-state index contributed by atoms with van der Waals surface area (Å²) in [5.74, 6) is 1.51. The minimum Gasteiger partial charge on any atom is -0.493 e. The Balaban J connectivity index is 1.45. The first-order valence-electron chi connectivity index (χ1n) is 10.9. The van der Waals surface area contributed by atoms with Gasteiger partial charge in [-0.25, -0.2) is 0 Å². The van der Waals surface area contributed by atoms with E-state index in [1.807, 2.05) is 61.2 Å². The molecule has 0 atom stereocenters. The summed E-state index contributed by atoms with van der Waals surface area (Å²) in [6.07, 6.45) is 2.67. The van der Waals surface area contributed by atoms with Gasteiger partial charge in [-0.2, -0.15) is 0 Å². The molecular formula is C25H32N2O4. The number of methoxy groups -OCH3 is 1. The third kappa shape index (κ3) is 6.23. The number of hydrogen-bond acceptors (Lipinski definition) is 4. The highest BCUT2D eigenvalue weighted by molar-refractivity contribution is 5.94. The van der Waals surface area contributed by atoms with Gasteiger partial charge in [0.25, 0.3) is 5.91 Å². The van der Waals surface area contributed by atoms with E-state index in [1.54, 1.807) is 7.11 Å². The molecule has 0 aromatic heterocycles. The van der Waals surface area contributed by atoms with Crippen LogP contribution in [0.5, 0.6) is 11.5 Å². The van der Waals surface area contributed by atoms with Crippen molar-refractivity contribution in [3.63, 3.8) is 0 Å². The normalized spacial score (nSPS) is 14.2. The molecule has 1 aliphatic rings. The predicted octanol–water partition coefficient (Wildman–Crippen LogP) is 3.76. The highest BCUT2D eigenvalue weighted by Gasteiger charge is 2.24. The van der Waals surface area contributed by atoms with Crippen LogP contribution in [0, 0.1) is 6.92 Å². The fourth-order valence-corrected chi connectivity index (χ4v) is 3.88. The summed E-state index contributed by atoms with van der Waals surface area (Å²) < 4.78 is 10.9. The van der Waals surface area contributed by atoms with Crippen LogP contribution in [-0.2, 0) is 11.2 Å². The monoisotopic (exact) mass is 424 g/mol. The zero-order valence-electron chi connectivity index (χ0n) is 18.6. The molecule has 0 radical (unpaired) electrons. The van der Waals surface area contributed by atoms with Crippen molar-refractivity contribution in [2.75, 3.05) is 26.8 Å². The number of carbonyl (C=O) groups excluding carboxylic acids is 2. The molecule has 1 aliphatic heterocycles. The van der Waals surface area contributed by atoms with Crippen molar-refractivity contribution in [2.24, 2.45) is 0 Å². The van der Waals surface area contributed by atoms with Gasteiger partial charge in [-0.1, -0.05) is 23.8 Å². The number of benzene rings is 2. The van der Waals surface area contributed by atoms with Crippen LogP contribution in [0.3, 0.4) is 0 Å². The number of rotatable bonds is 8. The predicted molar refractivity (Wildman–Crippen MR) is 121 cm³/mol. The number of nitrogens with zero attached hydrogens (tertiary/aromatic N) is 1. The molecule has 2 amide bonds. The average Bonchev–Trinajstić information content (AvgIpc) is 2.78. The Labute approximate surface area is 184 Å². The molecule has 0 spiro atoms. The summed E-state index contributed by atoms with van der Waals surface area (Å²) in [7, 11) is 1.62. The number of amides is 2. The fraction of sp³-hybridized carbons (Fsp3) is 0.440. The summed E-state index contributed by atoms with van der Waals surface area (Å²) in [6, 6.07) is 13.5. The third-order valence-corrected chi connectivity index (χ3v) is 5.62. The standard InChI is InChI=1S/C25H32N2O4/c1-4-31-22-10-8-19(17-23(22)30-3)9-11-24(28)27-14-12-21(13-15-27)26-25(29)20-7-5-6-18(2)16-20/h5-8,10,16-17,21H,4,9,11-15H2,1-3H3,(H,26,29). The van der Waals surface area contributed by atoms with E-state index in [-0.39, 0.29) is 17.9 Å². The molecule has 2 aromatic carbocycles. The maximum absolute atomic E-state index is 12.7. The van der Waals surface area contributed by atoms with Crippen LogP contribution >= 0.6 is 0 Å². The highest BCUT2D eigenvalue weighted by atomic mass is 16.5. The molecule has 0 bridgehead atoms. The van der Waals surface area contributed by atoms with E-state index in [9.17, 15) is 9.59 Å². The molecule has 1 fully saturated rings. The molecule has 1 saturated heterocycles. The Morgan fingerprint density at radius 3 is 2.55 bits per heavy atom. The maximum Gasteiger partial charge on any atom is 0.251 e. The Kier molecular flexibility index (Phi) is 7.93. The van der Waals surface area contributed by atoms with Crippen molar-refractivity contribution in [2.45, 2.75) is 45.6 Å². The molecular weight excluding hydrogens is 392 g/mol. The smallest absolute Gasteiger partial charge is 0.251 e. The SMILES string of the molecule is CCOc1ccc(CCC(=O)N2CCC(NC(=O)c3cccc(C)c3)CC2)cc1OC. The van der Waals surface area contributed by atoms with E-state index in [0.717, 1.165) is 29.7 Å². The largest absolute Gasteiger partial charge is 0.493 e. The number of hydrogen-bond donors (Lipinski definition) is 1. The van der Waals surface area contributed by atoms with Gasteiger partial charge in [0.2, 0.25) is 5.91 Å². The first kappa shape index (κ1) is 22.7. The fourth-order valence-electron chi connectivity index (χ4n) is 3.88. The lowest BCUT2D eigenvalue weighted by molar-refractivity contribution is -0.132. The molecule has 6 nitrogen and oxygen atoms in total. The lowest BCUT2D eigenvalue weighted by Crippen LogP contribution is -2.46. The van der Waals surface area contributed by atoms with E-state index in [4.69, 9.17) is 9.47 Å². The van der Waals surface area contributed by atoms with E-state index in [2.05, 4.69) is 5.32 Å². The van der Waals surface area contributed by atoms with Crippen molar-refractivity contribution >= 4 is 11.8 Å². The van der Waals surface area contributed by atoms with Gasteiger partial charge in [0.15, 0.2) is 11.5 Å². The summed E-state index contributed by atoms with van der Waals surface area (Å²) in [6.45, 7) is 5.83. The van der Waals surface area contributed by atoms with Gasteiger partial charge in [-0.05, 0) is 62.9 Å². The second-order valence-electron chi connectivity index (χ2n) is 7.92. The van der Waals surface area contributed by atoms with E-state index in [0.29, 0.717) is 43.9 Å². The molecule has 3 rings (SSSR count). The quantitative estimate of drug-likeness (QED) is 0.701. The van der Waals surface area contributed by atoms with Crippen LogP contribution < -0.4 is 14.8 Å². The van der Waals surface area contributed by atoms with Crippen molar-refractivity contribution in [3.05, 3.63) is 59.2 Å². The zero-order chi connectivity index (χ0) is 22.2. The Morgan fingerprint density at radius 2 is 1.87 bits per heavy atom. The number of carbonyl (C=O) groups is 2. The van der Waals surface area contributed by atoms with Crippen molar-refractivity contribution in [1.29, 1.82) is 0 Å². The zero-order valence-corrected chi connectivity index (χ0v) is 18.6. The highest BCUT2D eigenvalue weighted by Crippen LogP contribution is 2.28. The van der Waals surface area contributed by atoms with Crippen LogP contribution in [-0.4, -0.2) is 49.6 Å². The number of ether oxygens (including phenoxy) is 2. The summed E-state index contributed by atoms with van der Waals surface area (Å²) in [5.41, 5.74) is 2.80. The lowest BCUT2D eigenvalue weighted by Gasteiger charge is -2.32. The van der Waals surface area contributed by atoms with Crippen LogP contribution in [0.4, 0.5) is 0 Å². The van der Waals surface area contributed by atoms with E-state index < -0.39 is 0 Å². The summed E-state index contributed by atoms with van der Waals surface area (Å²) in [5, 5.41) is 3.11. The van der Waals surface area contributed by atoms with Gasteiger partial charge in [0.05, 0.1) is 13.7 Å². The summed E-state index contributed by atoms with van der Waals surface area (Å²) in [4.78, 5) is 27.0. The second kappa shape index (κ2) is 10.8. The van der Waals surface area contributed by atoms with E-state index >= 15 is 0 Å². The van der Waals surface area contributed by atoms with Crippen LogP contribution in [0.2, 0.25) is 0 Å². The number of nitrogens with one attached hydrogen (secondary N) is 1. The lowest BCUT2D eigenvalue weighted by atomic mass is 10.0. The summed E-state index contributed by atoms with van der Waals surface area (Å²) >= 11 is 0. The van der Waals surface area contributed by atoms with Gasteiger partial charge >= 0.3 is 0 Å². The molecule has 6 heteroatoms. The molecule has 166 valence electrons.